The summed E-state index contributed by atoms with van der Waals surface area (Å²) in [6.07, 6.45) is -5.18. The van der Waals surface area contributed by atoms with E-state index in [1.54, 1.807) is 0 Å². The molecule has 224 valence electrons. The molecule has 22 heteroatoms. The molecule has 0 aliphatic carbocycles. The van der Waals surface area contributed by atoms with E-state index >= 15 is 0 Å². The molecule has 4 aromatic heterocycles. The minimum absolute atomic E-state index is 0.0861. The Bertz CT molecular complexity index is 1810. The van der Waals surface area contributed by atoms with Gasteiger partial charge in [-0.25, -0.2) is 29.1 Å². The van der Waals surface area contributed by atoms with E-state index in [4.69, 9.17) is 34.7 Å². The quantitative estimate of drug-likeness (QED) is 0.105. The lowest BCUT2D eigenvalue weighted by molar-refractivity contribution is -0.119. The number of imidazole rings is 2. The lowest BCUT2D eigenvalue weighted by Crippen LogP contribution is -2.34. The summed E-state index contributed by atoms with van der Waals surface area (Å²) in [5.74, 6) is -1.24. The summed E-state index contributed by atoms with van der Waals surface area (Å²) in [7, 11) is -3.84. The minimum Gasteiger partial charge on any atom is -0.505 e. The number of nitrogens with two attached hydrogens (primary N) is 2. The van der Waals surface area contributed by atoms with Crippen LogP contribution in [0.1, 0.15) is 6.23 Å². The van der Waals surface area contributed by atoms with Gasteiger partial charge in [-0.15, -0.1) is 0 Å². The maximum absolute atomic E-state index is 12.9. The van der Waals surface area contributed by atoms with Crippen LogP contribution in [0.25, 0.3) is 28.2 Å². The average molecular weight is 610 g/mol. The van der Waals surface area contributed by atoms with Crippen molar-refractivity contribution in [2.75, 3.05) is 25.2 Å². The van der Waals surface area contributed by atoms with Crippen LogP contribution >= 0.6 is 7.82 Å². The van der Waals surface area contributed by atoms with Gasteiger partial charge < -0.3 is 45.9 Å². The Balaban J connectivity index is 1.18. The first kappa shape index (κ1) is 27.9. The molecule has 2 aliphatic rings. The zero-order valence-electron chi connectivity index (χ0n) is 21.3. The van der Waals surface area contributed by atoms with E-state index < -0.39 is 62.7 Å². The van der Waals surface area contributed by atoms with E-state index in [0.717, 1.165) is 10.9 Å². The highest BCUT2D eigenvalue weighted by molar-refractivity contribution is 7.47. The van der Waals surface area contributed by atoms with Gasteiger partial charge in [0.05, 0.1) is 12.9 Å². The molecule has 0 amide bonds. The van der Waals surface area contributed by atoms with E-state index in [0.29, 0.717) is 0 Å². The van der Waals surface area contributed by atoms with E-state index in [2.05, 4.69) is 29.9 Å². The number of anilines is 2. The topological polar surface area (TPSA) is 303 Å². The maximum Gasteiger partial charge on any atom is 0.473 e. The summed E-state index contributed by atoms with van der Waals surface area (Å²) >= 11 is 0. The first-order valence-electron chi connectivity index (χ1n) is 11.9. The third-order valence-electron chi connectivity index (χ3n) is 6.49. The van der Waals surface area contributed by atoms with Crippen molar-refractivity contribution in [3.63, 3.8) is 0 Å². The molecule has 0 saturated carbocycles. The number of nitrogens with one attached hydrogen (secondary N) is 1. The highest BCUT2D eigenvalue weighted by atomic mass is 31.2. The highest BCUT2D eigenvalue weighted by Gasteiger charge is 2.48. The number of aromatic amines is 1. The number of aliphatic hydroxyl groups is 3. The van der Waals surface area contributed by atoms with Gasteiger partial charge in [-0.3, -0.25) is 23.4 Å². The minimum atomic E-state index is -5.02. The zero-order valence-corrected chi connectivity index (χ0v) is 22.2. The third kappa shape index (κ3) is 4.62. The molecule has 6 heterocycles. The number of phosphoric acid groups is 1. The van der Waals surface area contributed by atoms with Crippen molar-refractivity contribution in [2.45, 2.75) is 36.9 Å². The second kappa shape index (κ2) is 10.3. The summed E-state index contributed by atoms with van der Waals surface area (Å²) in [5, 5.41) is 31.9. The molecule has 1 fully saturated rings. The van der Waals surface area contributed by atoms with Crippen LogP contribution in [0.5, 0.6) is 0 Å². The van der Waals surface area contributed by atoms with Crippen LogP contribution < -0.4 is 17.0 Å². The second-order valence-corrected chi connectivity index (χ2v) is 10.5. The van der Waals surface area contributed by atoms with E-state index in [-0.39, 0.29) is 40.0 Å². The number of H-pyrrole nitrogens is 1. The molecule has 1 saturated heterocycles. The van der Waals surface area contributed by atoms with Crippen LogP contribution in [0.2, 0.25) is 0 Å². The molecule has 21 nitrogen and oxygen atoms in total. The number of aromatic nitrogens is 8. The molecular formula is C20H23N10O11P. The Morgan fingerprint density at radius 2 is 1.88 bits per heavy atom. The summed E-state index contributed by atoms with van der Waals surface area (Å²) in [6, 6.07) is 0. The molecule has 9 N–H and O–H groups in total. The lowest BCUT2D eigenvalue weighted by atomic mass is 10.1. The Morgan fingerprint density at radius 1 is 1.12 bits per heavy atom. The number of aliphatic hydroxyl groups excluding tert-OH is 3. The van der Waals surface area contributed by atoms with Gasteiger partial charge in [0, 0.05) is 7.11 Å². The Labute approximate surface area is 232 Å². The van der Waals surface area contributed by atoms with Crippen LogP contribution in [-0.2, 0) is 27.8 Å². The predicted molar refractivity (Wildman–Crippen MR) is 137 cm³/mol. The van der Waals surface area contributed by atoms with Crippen LogP contribution in [0.15, 0.2) is 29.5 Å². The fourth-order valence-electron chi connectivity index (χ4n) is 4.50. The fourth-order valence-corrected chi connectivity index (χ4v) is 5.39. The van der Waals surface area contributed by atoms with Gasteiger partial charge in [-0.2, -0.15) is 4.98 Å². The van der Waals surface area contributed by atoms with Gasteiger partial charge in [0.1, 0.15) is 36.5 Å². The first-order valence-corrected chi connectivity index (χ1v) is 13.4. The van der Waals surface area contributed by atoms with Gasteiger partial charge in [0.15, 0.2) is 40.7 Å². The lowest BCUT2D eigenvalue weighted by Gasteiger charge is -2.22. The van der Waals surface area contributed by atoms with Gasteiger partial charge in [-0.1, -0.05) is 0 Å². The number of phosphoric ester groups is 1. The standard InChI is InChI=1S/C20H23N10O11P/c1-37-19-12(11(33)18(40-19)30-5-26-8-15(30)27-20(22)28-16(8)34)41-42(35,36)38-2-6-9(31)10(32)17(39-6)29-4-25-7-13(21)23-3-24-14(7)29/h3-6,9-10,12,17,19,31-33H,2H2,1H3,(H,35,36)(H2,21,23,24)(H3,22,27,28,34)/t6-,9?,10?,12?,17-,19+/m1/s1. The van der Waals surface area contributed by atoms with Crippen molar-refractivity contribution in [3.8, 4) is 0 Å². The summed E-state index contributed by atoms with van der Waals surface area (Å²) in [6.45, 7) is -0.729. The maximum atomic E-state index is 12.9. The predicted octanol–water partition coefficient (Wildman–Crippen LogP) is -2.07. The van der Waals surface area contributed by atoms with Crippen molar-refractivity contribution < 1.29 is 48.0 Å². The molecule has 0 aromatic carbocycles. The molecule has 4 unspecified atom stereocenters. The summed E-state index contributed by atoms with van der Waals surface area (Å²) in [4.78, 5) is 44.7. The average Bonchev–Trinajstić information content (AvgIpc) is 3.69. The molecule has 0 radical (unpaired) electrons. The van der Waals surface area contributed by atoms with Gasteiger partial charge in [-0.05, 0) is 0 Å². The van der Waals surface area contributed by atoms with Crippen molar-refractivity contribution in [2.24, 2.45) is 0 Å². The third-order valence-corrected chi connectivity index (χ3v) is 7.46. The number of nitrogens with zero attached hydrogens (tertiary/aromatic N) is 7. The van der Waals surface area contributed by atoms with Crippen molar-refractivity contribution in [3.05, 3.63) is 35.1 Å². The van der Waals surface area contributed by atoms with Crippen LogP contribution in [0.3, 0.4) is 0 Å². The van der Waals surface area contributed by atoms with E-state index in [1.807, 2.05) is 0 Å². The van der Waals surface area contributed by atoms with Crippen molar-refractivity contribution >= 4 is 47.8 Å². The number of hydrogen-bond donors (Lipinski definition) is 7. The molecule has 2 aliphatic heterocycles. The zero-order chi connectivity index (χ0) is 29.9. The van der Waals surface area contributed by atoms with Crippen LogP contribution in [-0.4, -0.2) is 104 Å². The molecule has 0 spiro atoms. The Morgan fingerprint density at radius 3 is 2.64 bits per heavy atom. The van der Waals surface area contributed by atoms with Crippen molar-refractivity contribution in [1.82, 2.24) is 39.0 Å². The van der Waals surface area contributed by atoms with Crippen LogP contribution in [0.4, 0.5) is 11.8 Å². The molecule has 6 rings (SSSR count). The smallest absolute Gasteiger partial charge is 0.473 e. The van der Waals surface area contributed by atoms with E-state index in [1.165, 1.54) is 24.3 Å². The summed E-state index contributed by atoms with van der Waals surface area (Å²) in [5.41, 5.74) is 11.0. The molecule has 7 atom stereocenters. The van der Waals surface area contributed by atoms with E-state index in [9.17, 15) is 29.6 Å². The number of ether oxygens (including phenoxy) is 3. The molecule has 0 bridgehead atoms. The Kier molecular flexibility index (Phi) is 6.82. The highest BCUT2D eigenvalue weighted by Crippen LogP contribution is 2.49. The van der Waals surface area contributed by atoms with Crippen molar-refractivity contribution in [1.29, 1.82) is 0 Å². The number of rotatable bonds is 8. The van der Waals surface area contributed by atoms with Gasteiger partial charge >= 0.3 is 7.82 Å². The fraction of sp³-hybridized carbons (Fsp3) is 0.400. The number of hydrogen-bond acceptors (Lipinski definition) is 17. The molecule has 42 heavy (non-hydrogen) atoms. The largest absolute Gasteiger partial charge is 0.505 e. The first-order chi connectivity index (χ1) is 20.0. The molecule has 4 aromatic rings. The molecular weight excluding hydrogens is 587 g/mol. The normalized spacial score (nSPS) is 27.6. The Hall–Kier alpha value is -4.21. The summed E-state index contributed by atoms with van der Waals surface area (Å²) < 4.78 is 41.7. The SMILES string of the molecule is CO[C@H]1OC(n2cnc3c(=O)[nH]c(N)nc32)=C(O)C1OP(=O)(O)OC[C@H]1O[C@@H](n2cnc3c(N)ncnc32)C(O)C1O. The number of nitrogen functional groups attached to an aromatic ring is 2. The van der Waals surface area contributed by atoms with Gasteiger partial charge in [0.2, 0.25) is 18.1 Å². The van der Waals surface area contributed by atoms with Crippen LogP contribution in [0, 0.1) is 0 Å². The number of methoxy groups -OCH3 is 1. The number of fused-ring (bicyclic) bond motifs is 2. The monoisotopic (exact) mass is 610 g/mol. The second-order valence-electron chi connectivity index (χ2n) is 9.07. The van der Waals surface area contributed by atoms with Gasteiger partial charge in [0.25, 0.3) is 5.56 Å².